The Hall–Kier alpha value is -1.99. The minimum Gasteiger partial charge on any atom is -0.378 e. The SMILES string of the molecule is Cc1c(C(=O)N2CCOCC2)sc2ncnc(NC[C@@H]3C[C@H]4C=C[C@@H]3C4)c12. The number of nitrogens with zero attached hydrogens (tertiary/aromatic N) is 3. The number of fused-ring (bicyclic) bond motifs is 3. The van der Waals surface area contributed by atoms with Crippen molar-refractivity contribution in [1.29, 1.82) is 0 Å². The van der Waals surface area contributed by atoms with Gasteiger partial charge in [0.05, 0.1) is 23.5 Å². The fraction of sp³-hybridized carbons (Fsp3) is 0.550. The number of nitrogens with one attached hydrogen (secondary N) is 1. The zero-order valence-corrected chi connectivity index (χ0v) is 16.3. The molecule has 3 heterocycles. The smallest absolute Gasteiger partial charge is 0.264 e. The topological polar surface area (TPSA) is 67.4 Å². The van der Waals surface area contributed by atoms with E-state index in [2.05, 4.69) is 27.4 Å². The van der Waals surface area contributed by atoms with Crippen LogP contribution in [0.1, 0.15) is 28.1 Å². The number of aromatic nitrogens is 2. The Morgan fingerprint density at radius 2 is 2.15 bits per heavy atom. The third-order valence-electron chi connectivity index (χ3n) is 6.17. The van der Waals surface area contributed by atoms with Crippen LogP contribution in [-0.2, 0) is 4.74 Å². The molecule has 6 nitrogen and oxygen atoms in total. The van der Waals surface area contributed by atoms with Crippen LogP contribution in [0, 0.1) is 24.7 Å². The number of hydrogen-bond donors (Lipinski definition) is 1. The van der Waals surface area contributed by atoms with Crippen molar-refractivity contribution in [1.82, 2.24) is 14.9 Å². The predicted molar refractivity (Wildman–Crippen MR) is 106 cm³/mol. The van der Waals surface area contributed by atoms with Gasteiger partial charge in [0.1, 0.15) is 17.0 Å². The van der Waals surface area contributed by atoms with Crippen molar-refractivity contribution in [3.05, 3.63) is 28.9 Å². The second-order valence-electron chi connectivity index (χ2n) is 7.78. The average Bonchev–Trinajstić information content (AvgIpc) is 3.41. The number of amides is 1. The van der Waals surface area contributed by atoms with Gasteiger partial charge in [0.15, 0.2) is 0 Å². The second-order valence-corrected chi connectivity index (χ2v) is 8.78. The van der Waals surface area contributed by atoms with Crippen LogP contribution in [-0.4, -0.2) is 53.6 Å². The van der Waals surface area contributed by atoms with E-state index in [-0.39, 0.29) is 5.91 Å². The zero-order chi connectivity index (χ0) is 18.4. The summed E-state index contributed by atoms with van der Waals surface area (Å²) in [6.45, 7) is 5.48. The van der Waals surface area contributed by atoms with Gasteiger partial charge in [0, 0.05) is 19.6 Å². The van der Waals surface area contributed by atoms with Crippen molar-refractivity contribution in [2.75, 3.05) is 38.2 Å². The lowest BCUT2D eigenvalue weighted by atomic mass is 9.93. The number of aryl methyl sites for hydroxylation is 1. The number of thiophene rings is 1. The Kier molecular flexibility index (Phi) is 4.36. The lowest BCUT2D eigenvalue weighted by Gasteiger charge is -2.26. The summed E-state index contributed by atoms with van der Waals surface area (Å²) in [4.78, 5) is 25.4. The quantitative estimate of drug-likeness (QED) is 0.821. The molecule has 2 fully saturated rings. The molecule has 3 aliphatic rings. The first-order valence-corrected chi connectivity index (χ1v) is 10.6. The molecule has 2 bridgehead atoms. The molecule has 27 heavy (non-hydrogen) atoms. The van der Waals surface area contributed by atoms with Gasteiger partial charge >= 0.3 is 0 Å². The van der Waals surface area contributed by atoms with Gasteiger partial charge in [-0.3, -0.25) is 4.79 Å². The normalized spacial score (nSPS) is 26.9. The van der Waals surface area contributed by atoms with E-state index in [0.29, 0.717) is 38.1 Å². The molecule has 1 saturated heterocycles. The highest BCUT2D eigenvalue weighted by Gasteiger charge is 2.35. The molecule has 0 spiro atoms. The van der Waals surface area contributed by atoms with E-state index in [0.717, 1.165) is 38.9 Å². The molecular formula is C20H24N4O2S. The van der Waals surface area contributed by atoms with Crippen molar-refractivity contribution < 1.29 is 9.53 Å². The highest BCUT2D eigenvalue weighted by atomic mass is 32.1. The molecule has 1 saturated carbocycles. The predicted octanol–water partition coefficient (Wildman–Crippen LogP) is 3.10. The molecule has 0 radical (unpaired) electrons. The van der Waals surface area contributed by atoms with E-state index < -0.39 is 0 Å². The van der Waals surface area contributed by atoms with E-state index in [1.54, 1.807) is 6.33 Å². The van der Waals surface area contributed by atoms with Gasteiger partial charge in [-0.25, -0.2) is 9.97 Å². The van der Waals surface area contributed by atoms with Crippen LogP contribution in [0.5, 0.6) is 0 Å². The molecule has 1 N–H and O–H groups in total. The number of hydrogen-bond acceptors (Lipinski definition) is 6. The van der Waals surface area contributed by atoms with Crippen LogP contribution in [0.15, 0.2) is 18.5 Å². The van der Waals surface area contributed by atoms with Crippen LogP contribution >= 0.6 is 11.3 Å². The number of ether oxygens (including phenoxy) is 1. The van der Waals surface area contributed by atoms with Crippen LogP contribution in [0.2, 0.25) is 0 Å². The molecule has 142 valence electrons. The second kappa shape index (κ2) is 6.87. The fourth-order valence-corrected chi connectivity index (χ4v) is 5.79. The average molecular weight is 385 g/mol. The Morgan fingerprint density at radius 3 is 2.89 bits per heavy atom. The molecule has 0 aromatic carbocycles. The van der Waals surface area contributed by atoms with Gasteiger partial charge in [0.25, 0.3) is 5.91 Å². The Bertz CT molecular complexity index is 903. The number of rotatable bonds is 4. The van der Waals surface area contributed by atoms with Gasteiger partial charge in [0.2, 0.25) is 0 Å². The number of carbonyl (C=O) groups excluding carboxylic acids is 1. The molecule has 1 amide bonds. The van der Waals surface area contributed by atoms with E-state index in [1.165, 1.54) is 24.2 Å². The summed E-state index contributed by atoms with van der Waals surface area (Å²) in [5.74, 6) is 3.11. The van der Waals surface area contributed by atoms with Gasteiger partial charge in [-0.15, -0.1) is 11.3 Å². The largest absolute Gasteiger partial charge is 0.378 e. The van der Waals surface area contributed by atoms with Gasteiger partial charge in [-0.2, -0.15) is 0 Å². The van der Waals surface area contributed by atoms with Gasteiger partial charge < -0.3 is 15.0 Å². The summed E-state index contributed by atoms with van der Waals surface area (Å²) in [5, 5.41) is 4.56. The van der Waals surface area contributed by atoms with Crippen LogP contribution < -0.4 is 5.32 Å². The van der Waals surface area contributed by atoms with Crippen LogP contribution in [0.25, 0.3) is 10.2 Å². The van der Waals surface area contributed by atoms with E-state index in [9.17, 15) is 4.79 Å². The number of anilines is 1. The Labute approximate surface area is 162 Å². The highest BCUT2D eigenvalue weighted by molar-refractivity contribution is 7.20. The third-order valence-corrected chi connectivity index (χ3v) is 7.36. The maximum absolute atomic E-state index is 13.0. The number of carbonyl (C=O) groups is 1. The summed E-state index contributed by atoms with van der Waals surface area (Å²) in [6, 6.07) is 0. The number of morpholine rings is 1. The Morgan fingerprint density at radius 1 is 1.30 bits per heavy atom. The highest BCUT2D eigenvalue weighted by Crippen LogP contribution is 2.43. The molecule has 2 aliphatic carbocycles. The summed E-state index contributed by atoms with van der Waals surface area (Å²) < 4.78 is 5.37. The van der Waals surface area contributed by atoms with Crippen LogP contribution in [0.4, 0.5) is 5.82 Å². The molecule has 1 aliphatic heterocycles. The minimum atomic E-state index is 0.0861. The van der Waals surface area contributed by atoms with Crippen molar-refractivity contribution >= 4 is 33.3 Å². The standard InChI is InChI=1S/C20H24N4O2S/c1-12-16-18(21-10-15-9-13-2-3-14(15)8-13)22-11-23-19(16)27-17(12)20(25)24-4-6-26-7-5-24/h2-3,11,13-15H,4-10H2,1H3,(H,21,22,23)/t13-,14+,15-/m0/s1. The zero-order valence-electron chi connectivity index (χ0n) is 15.5. The van der Waals surface area contributed by atoms with Crippen LogP contribution in [0.3, 0.4) is 0 Å². The molecule has 7 heteroatoms. The first-order valence-electron chi connectivity index (χ1n) is 9.74. The fourth-order valence-electron chi connectivity index (χ4n) is 4.68. The monoisotopic (exact) mass is 384 g/mol. The van der Waals surface area contributed by atoms with Crippen molar-refractivity contribution in [2.45, 2.75) is 19.8 Å². The summed E-state index contributed by atoms with van der Waals surface area (Å²) in [5.41, 5.74) is 0.988. The molecule has 3 atom stereocenters. The van der Waals surface area contributed by atoms with Gasteiger partial charge in [-0.1, -0.05) is 12.2 Å². The van der Waals surface area contributed by atoms with Crippen molar-refractivity contribution in [3.8, 4) is 0 Å². The maximum atomic E-state index is 13.0. The van der Waals surface area contributed by atoms with E-state index in [1.807, 2.05) is 11.8 Å². The molecular weight excluding hydrogens is 360 g/mol. The summed E-state index contributed by atoms with van der Waals surface area (Å²) in [7, 11) is 0. The number of allylic oxidation sites excluding steroid dienone is 2. The van der Waals surface area contributed by atoms with Crippen molar-refractivity contribution in [3.63, 3.8) is 0 Å². The Balaban J connectivity index is 1.39. The minimum absolute atomic E-state index is 0.0861. The third kappa shape index (κ3) is 3.02. The molecule has 0 unspecified atom stereocenters. The first-order chi connectivity index (χ1) is 13.2. The van der Waals surface area contributed by atoms with E-state index >= 15 is 0 Å². The lowest BCUT2D eigenvalue weighted by molar-refractivity contribution is 0.0306. The summed E-state index contributed by atoms with van der Waals surface area (Å²) in [6.07, 6.45) is 8.93. The molecule has 5 rings (SSSR count). The maximum Gasteiger partial charge on any atom is 0.264 e. The van der Waals surface area contributed by atoms with Crippen molar-refractivity contribution in [2.24, 2.45) is 17.8 Å². The molecule has 2 aromatic heterocycles. The lowest BCUT2D eigenvalue weighted by Crippen LogP contribution is -2.40. The first kappa shape index (κ1) is 17.1. The van der Waals surface area contributed by atoms with Gasteiger partial charge in [-0.05, 0) is 43.1 Å². The van der Waals surface area contributed by atoms with E-state index in [4.69, 9.17) is 4.74 Å². The molecule has 2 aromatic rings. The summed E-state index contributed by atoms with van der Waals surface area (Å²) >= 11 is 1.48.